The van der Waals surface area contributed by atoms with Gasteiger partial charge in [-0.2, -0.15) is 4.31 Å². The lowest BCUT2D eigenvalue weighted by Crippen LogP contribution is -2.36. The van der Waals surface area contributed by atoms with E-state index in [0.29, 0.717) is 13.0 Å². The average molecular weight is 396 g/mol. The summed E-state index contributed by atoms with van der Waals surface area (Å²) in [7, 11) is -3.72. The molecule has 0 bridgehead atoms. The molecule has 1 N–H and O–H groups in total. The number of fused-ring (bicyclic) bond motifs is 1. The Hall–Kier alpha value is -1.70. The zero-order valence-electron chi connectivity index (χ0n) is 12.1. The molecule has 0 aromatic heterocycles. The normalized spacial score (nSPS) is 15.2. The number of aromatic carboxylic acids is 1. The molecule has 2 aromatic rings. The van der Waals surface area contributed by atoms with Gasteiger partial charge in [0, 0.05) is 17.6 Å². The smallest absolute Gasteiger partial charge is 0.335 e. The second-order valence-corrected chi connectivity index (χ2v) is 8.19. The minimum atomic E-state index is -3.72. The SMILES string of the molecule is O=C(O)c1cccc(S(=O)(=O)N2CCc3ccc(Br)cc3C2)c1. The number of benzene rings is 2. The summed E-state index contributed by atoms with van der Waals surface area (Å²) in [6.07, 6.45) is 0.639. The van der Waals surface area contributed by atoms with Gasteiger partial charge in [-0.05, 0) is 47.9 Å². The highest BCUT2D eigenvalue weighted by Crippen LogP contribution is 2.27. The molecule has 0 spiro atoms. The van der Waals surface area contributed by atoms with Crippen molar-refractivity contribution in [1.82, 2.24) is 4.31 Å². The number of carboxylic acid groups (broad SMARTS) is 1. The maximum Gasteiger partial charge on any atom is 0.335 e. The van der Waals surface area contributed by atoms with Gasteiger partial charge in [0.15, 0.2) is 0 Å². The molecular formula is C16H14BrNO4S. The maximum atomic E-state index is 12.8. The van der Waals surface area contributed by atoms with Crippen molar-refractivity contribution in [2.45, 2.75) is 17.9 Å². The highest BCUT2D eigenvalue weighted by molar-refractivity contribution is 9.10. The summed E-state index contributed by atoms with van der Waals surface area (Å²) < 4.78 is 27.9. The van der Waals surface area contributed by atoms with E-state index in [1.807, 2.05) is 18.2 Å². The standard InChI is InChI=1S/C16H14BrNO4S/c17-14-5-4-11-6-7-18(10-13(11)8-14)23(21,22)15-3-1-2-12(9-15)16(19)20/h1-5,8-9H,6-7,10H2,(H,19,20). The Morgan fingerprint density at radius 2 is 1.91 bits per heavy atom. The quantitative estimate of drug-likeness (QED) is 0.866. The molecule has 0 saturated heterocycles. The molecule has 0 aliphatic carbocycles. The number of hydrogen-bond acceptors (Lipinski definition) is 3. The van der Waals surface area contributed by atoms with E-state index >= 15 is 0 Å². The van der Waals surface area contributed by atoms with Crippen LogP contribution in [0.2, 0.25) is 0 Å². The molecule has 0 radical (unpaired) electrons. The summed E-state index contributed by atoms with van der Waals surface area (Å²) in [4.78, 5) is 11.1. The van der Waals surface area contributed by atoms with Crippen LogP contribution in [-0.4, -0.2) is 30.3 Å². The van der Waals surface area contributed by atoms with E-state index in [9.17, 15) is 13.2 Å². The third kappa shape index (κ3) is 3.17. The molecule has 0 saturated carbocycles. The Morgan fingerprint density at radius 3 is 2.65 bits per heavy atom. The van der Waals surface area contributed by atoms with Gasteiger partial charge in [-0.1, -0.05) is 28.1 Å². The van der Waals surface area contributed by atoms with Crippen molar-refractivity contribution in [3.63, 3.8) is 0 Å². The first kappa shape index (κ1) is 16.2. The van der Waals surface area contributed by atoms with E-state index in [1.54, 1.807) is 0 Å². The second kappa shape index (κ2) is 6.07. The van der Waals surface area contributed by atoms with Crippen LogP contribution >= 0.6 is 15.9 Å². The molecule has 1 heterocycles. The molecule has 1 aliphatic heterocycles. The summed E-state index contributed by atoms with van der Waals surface area (Å²) >= 11 is 3.40. The predicted molar refractivity (Wildman–Crippen MR) is 88.8 cm³/mol. The molecule has 5 nitrogen and oxygen atoms in total. The van der Waals surface area contributed by atoms with E-state index < -0.39 is 16.0 Å². The lowest BCUT2D eigenvalue weighted by atomic mass is 10.0. The summed E-state index contributed by atoms with van der Waals surface area (Å²) in [5, 5.41) is 9.03. The van der Waals surface area contributed by atoms with Crippen LogP contribution in [0.25, 0.3) is 0 Å². The van der Waals surface area contributed by atoms with Crippen LogP contribution in [0.3, 0.4) is 0 Å². The van der Waals surface area contributed by atoms with Gasteiger partial charge in [-0.3, -0.25) is 0 Å². The van der Waals surface area contributed by atoms with E-state index in [1.165, 1.54) is 28.6 Å². The monoisotopic (exact) mass is 395 g/mol. The van der Waals surface area contributed by atoms with Crippen molar-refractivity contribution in [1.29, 1.82) is 0 Å². The fourth-order valence-electron chi connectivity index (χ4n) is 2.64. The zero-order chi connectivity index (χ0) is 16.6. The third-order valence-corrected chi connectivity index (χ3v) is 6.20. The molecule has 1 aliphatic rings. The summed E-state index contributed by atoms with van der Waals surface area (Å²) in [5.41, 5.74) is 2.06. The van der Waals surface area contributed by atoms with E-state index in [-0.39, 0.29) is 17.0 Å². The van der Waals surface area contributed by atoms with Crippen LogP contribution in [0.5, 0.6) is 0 Å². The predicted octanol–water partition coefficient (Wildman–Crippen LogP) is 2.89. The van der Waals surface area contributed by atoms with Crippen molar-refractivity contribution in [3.05, 3.63) is 63.6 Å². The number of carboxylic acids is 1. The first-order chi connectivity index (χ1) is 10.9. The minimum Gasteiger partial charge on any atom is -0.478 e. The third-order valence-electron chi connectivity index (χ3n) is 3.86. The van der Waals surface area contributed by atoms with Gasteiger partial charge in [-0.25, -0.2) is 13.2 Å². The number of rotatable bonds is 3. The molecule has 3 rings (SSSR count). The zero-order valence-corrected chi connectivity index (χ0v) is 14.5. The molecule has 23 heavy (non-hydrogen) atoms. The average Bonchev–Trinajstić information content (AvgIpc) is 2.54. The lowest BCUT2D eigenvalue weighted by Gasteiger charge is -2.28. The topological polar surface area (TPSA) is 74.7 Å². The van der Waals surface area contributed by atoms with Gasteiger partial charge in [-0.15, -0.1) is 0 Å². The lowest BCUT2D eigenvalue weighted by molar-refractivity contribution is 0.0696. The molecule has 0 fully saturated rings. The Bertz CT molecular complexity index is 879. The van der Waals surface area contributed by atoms with Crippen molar-refractivity contribution < 1.29 is 18.3 Å². The van der Waals surface area contributed by atoms with E-state index in [0.717, 1.165) is 15.6 Å². The Morgan fingerprint density at radius 1 is 1.13 bits per heavy atom. The molecule has 2 aromatic carbocycles. The van der Waals surface area contributed by atoms with Gasteiger partial charge in [0.2, 0.25) is 10.0 Å². The summed E-state index contributed by atoms with van der Waals surface area (Å²) in [6, 6.07) is 11.3. The van der Waals surface area contributed by atoms with E-state index in [2.05, 4.69) is 15.9 Å². The minimum absolute atomic E-state index is 0.0100. The number of carbonyl (C=O) groups is 1. The molecule has 0 unspecified atom stereocenters. The molecule has 0 atom stereocenters. The Kier molecular flexibility index (Phi) is 4.27. The molecular weight excluding hydrogens is 382 g/mol. The highest BCUT2D eigenvalue weighted by atomic mass is 79.9. The summed E-state index contributed by atoms with van der Waals surface area (Å²) in [6.45, 7) is 0.669. The van der Waals surface area contributed by atoms with Crippen molar-refractivity contribution in [2.24, 2.45) is 0 Å². The van der Waals surface area contributed by atoms with Gasteiger partial charge in [0.05, 0.1) is 10.5 Å². The largest absolute Gasteiger partial charge is 0.478 e. The highest BCUT2D eigenvalue weighted by Gasteiger charge is 2.28. The van der Waals surface area contributed by atoms with Gasteiger partial charge in [0.25, 0.3) is 0 Å². The van der Waals surface area contributed by atoms with Crippen LogP contribution in [0, 0.1) is 0 Å². The van der Waals surface area contributed by atoms with Crippen LogP contribution in [0.15, 0.2) is 51.8 Å². The summed E-state index contributed by atoms with van der Waals surface area (Å²) in [5.74, 6) is -1.14. The fraction of sp³-hybridized carbons (Fsp3) is 0.188. The molecule has 7 heteroatoms. The van der Waals surface area contributed by atoms with Gasteiger partial charge < -0.3 is 5.11 Å². The molecule has 0 amide bonds. The van der Waals surface area contributed by atoms with Crippen molar-refractivity contribution in [3.8, 4) is 0 Å². The Balaban J connectivity index is 1.95. The number of halogens is 1. The number of hydrogen-bond donors (Lipinski definition) is 1. The van der Waals surface area contributed by atoms with Crippen LogP contribution in [0.4, 0.5) is 0 Å². The van der Waals surface area contributed by atoms with E-state index in [4.69, 9.17) is 5.11 Å². The van der Waals surface area contributed by atoms with Crippen LogP contribution in [-0.2, 0) is 23.0 Å². The van der Waals surface area contributed by atoms with Crippen molar-refractivity contribution >= 4 is 31.9 Å². The first-order valence-corrected chi connectivity index (χ1v) is 9.22. The van der Waals surface area contributed by atoms with Crippen molar-refractivity contribution in [2.75, 3.05) is 6.54 Å². The fourth-order valence-corrected chi connectivity index (χ4v) is 4.52. The first-order valence-electron chi connectivity index (χ1n) is 6.99. The van der Waals surface area contributed by atoms with Crippen LogP contribution in [0.1, 0.15) is 21.5 Å². The van der Waals surface area contributed by atoms with Gasteiger partial charge >= 0.3 is 5.97 Å². The number of nitrogens with zero attached hydrogens (tertiary/aromatic N) is 1. The number of sulfonamides is 1. The molecule has 120 valence electrons. The second-order valence-electron chi connectivity index (χ2n) is 5.33. The van der Waals surface area contributed by atoms with Crippen LogP contribution < -0.4 is 0 Å². The maximum absolute atomic E-state index is 12.8. The Labute approximate surface area is 142 Å². The van der Waals surface area contributed by atoms with Gasteiger partial charge in [0.1, 0.15) is 0 Å².